The number of urea groups is 1. The molecule has 0 saturated heterocycles. The van der Waals surface area contributed by atoms with E-state index in [1.54, 1.807) is 37.3 Å². The summed E-state index contributed by atoms with van der Waals surface area (Å²) in [5.74, 6) is 0.573. The van der Waals surface area contributed by atoms with Crippen LogP contribution in [0.3, 0.4) is 0 Å². The van der Waals surface area contributed by atoms with Gasteiger partial charge in [-0.2, -0.15) is 0 Å². The van der Waals surface area contributed by atoms with Crippen molar-refractivity contribution in [3.8, 4) is 11.5 Å². The number of hydrogen-bond acceptors (Lipinski definition) is 4. The molecule has 1 atom stereocenters. The number of amides is 3. The molecule has 0 aromatic heterocycles. The molecule has 0 fully saturated rings. The number of anilines is 1. The first kappa shape index (κ1) is 20.5. The summed E-state index contributed by atoms with van der Waals surface area (Å²) in [6.45, 7) is 3.56. The standard InChI is InChI=1S/C21H22ClN3O4/c1-11-8-9-13(10-15(11)22)24-20(26)17-12(2)23-21(27)25-18(17)14-6-5-7-16(28-3)19(14)29-4/h5-10,18H,1-4H3,(H,24,26)(H2,23,25,27)/t18-/m0/s1. The molecule has 3 rings (SSSR count). The lowest BCUT2D eigenvalue weighted by molar-refractivity contribution is -0.113. The fraction of sp³-hybridized carbons (Fsp3) is 0.238. The van der Waals surface area contributed by atoms with Crippen molar-refractivity contribution in [2.75, 3.05) is 19.5 Å². The highest BCUT2D eigenvalue weighted by atomic mass is 35.5. The minimum atomic E-state index is -0.727. The third kappa shape index (κ3) is 4.14. The summed E-state index contributed by atoms with van der Waals surface area (Å²) in [7, 11) is 3.04. The first-order chi connectivity index (χ1) is 13.8. The molecule has 7 nitrogen and oxygen atoms in total. The number of allylic oxidation sites excluding steroid dienone is 1. The summed E-state index contributed by atoms with van der Waals surface area (Å²) >= 11 is 6.17. The van der Waals surface area contributed by atoms with E-state index in [0.717, 1.165) is 5.56 Å². The van der Waals surface area contributed by atoms with Gasteiger partial charge in [0.15, 0.2) is 11.5 Å². The highest BCUT2D eigenvalue weighted by Gasteiger charge is 2.33. The molecule has 0 saturated carbocycles. The fourth-order valence-electron chi connectivity index (χ4n) is 3.24. The second-order valence-electron chi connectivity index (χ2n) is 6.57. The van der Waals surface area contributed by atoms with Crippen molar-refractivity contribution < 1.29 is 19.1 Å². The monoisotopic (exact) mass is 415 g/mol. The fourth-order valence-corrected chi connectivity index (χ4v) is 3.42. The molecule has 152 valence electrons. The average Bonchev–Trinajstić information content (AvgIpc) is 2.69. The van der Waals surface area contributed by atoms with Crippen molar-refractivity contribution in [1.82, 2.24) is 10.6 Å². The second kappa shape index (κ2) is 8.45. The van der Waals surface area contributed by atoms with E-state index in [2.05, 4.69) is 16.0 Å². The van der Waals surface area contributed by atoms with Crippen LogP contribution in [-0.4, -0.2) is 26.2 Å². The van der Waals surface area contributed by atoms with Crippen LogP contribution < -0.4 is 25.4 Å². The van der Waals surface area contributed by atoms with Gasteiger partial charge in [0.1, 0.15) is 0 Å². The minimum Gasteiger partial charge on any atom is -0.493 e. The van der Waals surface area contributed by atoms with Crippen molar-refractivity contribution in [3.63, 3.8) is 0 Å². The first-order valence-electron chi connectivity index (χ1n) is 8.92. The summed E-state index contributed by atoms with van der Waals surface area (Å²) in [6, 6.07) is 9.43. The van der Waals surface area contributed by atoms with Crippen molar-refractivity contribution in [2.24, 2.45) is 0 Å². The van der Waals surface area contributed by atoms with Crippen LogP contribution in [0.2, 0.25) is 5.02 Å². The zero-order valence-corrected chi connectivity index (χ0v) is 17.3. The largest absolute Gasteiger partial charge is 0.493 e. The Morgan fingerprint density at radius 3 is 2.55 bits per heavy atom. The zero-order chi connectivity index (χ0) is 21.1. The number of carbonyl (C=O) groups is 2. The normalized spacial score (nSPS) is 16.0. The van der Waals surface area contributed by atoms with Gasteiger partial charge in [-0.3, -0.25) is 4.79 Å². The number of aryl methyl sites for hydroxylation is 1. The topological polar surface area (TPSA) is 88.7 Å². The third-order valence-electron chi connectivity index (χ3n) is 4.69. The number of ether oxygens (including phenoxy) is 2. The number of benzene rings is 2. The molecule has 0 spiro atoms. The van der Waals surface area contributed by atoms with Crippen LogP contribution in [0.25, 0.3) is 0 Å². The molecule has 0 aliphatic carbocycles. The van der Waals surface area contributed by atoms with E-state index < -0.39 is 12.1 Å². The smallest absolute Gasteiger partial charge is 0.319 e. The minimum absolute atomic E-state index is 0.354. The third-order valence-corrected chi connectivity index (χ3v) is 5.10. The summed E-state index contributed by atoms with van der Waals surface area (Å²) < 4.78 is 10.9. The van der Waals surface area contributed by atoms with E-state index in [0.29, 0.717) is 39.0 Å². The molecule has 0 unspecified atom stereocenters. The van der Waals surface area contributed by atoms with E-state index in [-0.39, 0.29) is 5.91 Å². The number of hydrogen-bond donors (Lipinski definition) is 3. The maximum atomic E-state index is 13.1. The molecular formula is C21H22ClN3O4. The van der Waals surface area contributed by atoms with Gasteiger partial charge in [-0.25, -0.2) is 4.79 Å². The second-order valence-corrected chi connectivity index (χ2v) is 6.98. The van der Waals surface area contributed by atoms with Crippen molar-refractivity contribution in [3.05, 3.63) is 63.8 Å². The summed E-state index contributed by atoms with van der Waals surface area (Å²) in [5.41, 5.74) is 2.87. The summed E-state index contributed by atoms with van der Waals surface area (Å²) in [4.78, 5) is 25.3. The predicted octanol–water partition coefficient (Wildman–Crippen LogP) is 3.93. The Balaban J connectivity index is 2.02. The average molecular weight is 416 g/mol. The molecule has 8 heteroatoms. The molecular weight excluding hydrogens is 394 g/mol. The van der Waals surface area contributed by atoms with Crippen molar-refractivity contribution in [1.29, 1.82) is 0 Å². The molecule has 2 aromatic carbocycles. The van der Waals surface area contributed by atoms with Crippen LogP contribution in [0.5, 0.6) is 11.5 Å². The maximum absolute atomic E-state index is 13.1. The first-order valence-corrected chi connectivity index (χ1v) is 9.30. The van der Waals surface area contributed by atoms with Gasteiger partial charge in [0.2, 0.25) is 0 Å². The lowest BCUT2D eigenvalue weighted by atomic mass is 9.93. The van der Waals surface area contributed by atoms with Gasteiger partial charge in [-0.1, -0.05) is 29.8 Å². The van der Waals surface area contributed by atoms with Crippen molar-refractivity contribution >= 4 is 29.2 Å². The highest BCUT2D eigenvalue weighted by Crippen LogP contribution is 2.39. The molecule has 29 heavy (non-hydrogen) atoms. The number of halogens is 1. The van der Waals surface area contributed by atoms with Crippen molar-refractivity contribution in [2.45, 2.75) is 19.9 Å². The van der Waals surface area contributed by atoms with Crippen LogP contribution in [-0.2, 0) is 4.79 Å². The van der Waals surface area contributed by atoms with E-state index in [9.17, 15) is 9.59 Å². The number of para-hydroxylation sites is 1. The van der Waals surface area contributed by atoms with Gasteiger partial charge in [0, 0.05) is 22.0 Å². The quantitative estimate of drug-likeness (QED) is 0.690. The summed E-state index contributed by atoms with van der Waals surface area (Å²) in [5, 5.41) is 8.85. The molecule has 1 aliphatic rings. The lowest BCUT2D eigenvalue weighted by Crippen LogP contribution is -2.46. The maximum Gasteiger partial charge on any atom is 0.319 e. The zero-order valence-electron chi connectivity index (χ0n) is 16.6. The molecule has 1 heterocycles. The van der Waals surface area contributed by atoms with Crippen LogP contribution >= 0.6 is 11.6 Å². The lowest BCUT2D eigenvalue weighted by Gasteiger charge is -2.30. The van der Waals surface area contributed by atoms with E-state index >= 15 is 0 Å². The van der Waals surface area contributed by atoms with Gasteiger partial charge in [0.05, 0.1) is 25.8 Å². The van der Waals surface area contributed by atoms with E-state index in [4.69, 9.17) is 21.1 Å². The van der Waals surface area contributed by atoms with Gasteiger partial charge >= 0.3 is 6.03 Å². The Bertz CT molecular complexity index is 1000. The Morgan fingerprint density at radius 2 is 1.90 bits per heavy atom. The summed E-state index contributed by atoms with van der Waals surface area (Å²) in [6.07, 6.45) is 0. The Kier molecular flexibility index (Phi) is 5.98. The highest BCUT2D eigenvalue weighted by molar-refractivity contribution is 6.31. The Labute approximate surface area is 174 Å². The molecule has 3 N–H and O–H groups in total. The van der Waals surface area contributed by atoms with Gasteiger partial charge < -0.3 is 25.4 Å². The molecule has 3 amide bonds. The van der Waals surface area contributed by atoms with Crippen LogP contribution in [0.15, 0.2) is 47.7 Å². The number of methoxy groups -OCH3 is 2. The molecule has 2 aromatic rings. The Hall–Kier alpha value is -3.19. The van der Waals surface area contributed by atoms with Crippen LogP contribution in [0, 0.1) is 6.92 Å². The van der Waals surface area contributed by atoms with Gasteiger partial charge in [0.25, 0.3) is 5.91 Å². The SMILES string of the molecule is COc1cccc([C@@H]2NC(=O)NC(C)=C2C(=O)Nc2ccc(C)c(Cl)c2)c1OC. The number of carbonyl (C=O) groups excluding carboxylic acids is 2. The number of nitrogens with one attached hydrogen (secondary N) is 3. The van der Waals surface area contributed by atoms with Gasteiger partial charge in [-0.15, -0.1) is 0 Å². The molecule has 0 radical (unpaired) electrons. The van der Waals surface area contributed by atoms with Crippen LogP contribution in [0.1, 0.15) is 24.1 Å². The molecule has 1 aliphatic heterocycles. The van der Waals surface area contributed by atoms with Gasteiger partial charge in [-0.05, 0) is 37.6 Å². The molecule has 0 bridgehead atoms. The van der Waals surface area contributed by atoms with E-state index in [1.807, 2.05) is 13.0 Å². The number of rotatable bonds is 5. The van der Waals surface area contributed by atoms with E-state index in [1.165, 1.54) is 14.2 Å². The predicted molar refractivity (Wildman–Crippen MR) is 111 cm³/mol. The van der Waals surface area contributed by atoms with Crippen LogP contribution in [0.4, 0.5) is 10.5 Å². The Morgan fingerprint density at radius 1 is 1.14 bits per heavy atom.